The van der Waals surface area contributed by atoms with Gasteiger partial charge in [0.05, 0.1) is 18.8 Å². The van der Waals surface area contributed by atoms with Crippen LogP contribution in [0.25, 0.3) is 0 Å². The number of fused-ring (bicyclic) bond motifs is 1. The molecule has 2 aliphatic rings. The largest absolute Gasteiger partial charge is 0.393 e. The van der Waals surface area contributed by atoms with E-state index >= 15 is 0 Å². The van der Waals surface area contributed by atoms with Crippen LogP contribution in [0.4, 0.5) is 0 Å². The van der Waals surface area contributed by atoms with Crippen LogP contribution in [0.2, 0.25) is 0 Å². The van der Waals surface area contributed by atoms with Crippen LogP contribution in [-0.2, 0) is 4.79 Å². The number of aliphatic hydroxyl groups excluding tert-OH is 3. The van der Waals surface area contributed by atoms with Crippen molar-refractivity contribution in [1.82, 2.24) is 0 Å². The van der Waals surface area contributed by atoms with Gasteiger partial charge in [-0.1, -0.05) is 26.8 Å². The third kappa shape index (κ3) is 2.22. The van der Waals surface area contributed by atoms with Gasteiger partial charge in [0.1, 0.15) is 5.60 Å². The van der Waals surface area contributed by atoms with Gasteiger partial charge in [-0.25, -0.2) is 0 Å². The van der Waals surface area contributed by atoms with Crippen LogP contribution >= 0.6 is 0 Å². The average molecular weight is 284 g/mol. The Morgan fingerprint density at radius 2 is 1.95 bits per heavy atom. The molecule has 0 aromatic rings. The predicted molar refractivity (Wildman–Crippen MR) is 72.7 cm³/mol. The second kappa shape index (κ2) is 5.22. The van der Waals surface area contributed by atoms with Gasteiger partial charge in [-0.2, -0.15) is 0 Å². The summed E-state index contributed by atoms with van der Waals surface area (Å²) in [7, 11) is 0. The fraction of sp³-hybridized carbons (Fsp3) is 0.800. The minimum atomic E-state index is -1.68. The van der Waals surface area contributed by atoms with Crippen LogP contribution < -0.4 is 0 Å². The Hall–Kier alpha value is -0.750. The number of carbonyl (C=O) groups excluding carboxylic acids is 1. The highest BCUT2D eigenvalue weighted by Crippen LogP contribution is 2.48. The van der Waals surface area contributed by atoms with Crippen molar-refractivity contribution in [2.45, 2.75) is 45.0 Å². The standard InChI is InChI=1S/C15H24O5/c1-7(2)9-4-10-8(3)13(18)14(19)12(10)15(20,6-16)5-11(9)17/h4,7-8,10,12-14,16,18-20H,5-6H2,1-3H3. The van der Waals surface area contributed by atoms with Gasteiger partial charge in [0.15, 0.2) is 5.78 Å². The van der Waals surface area contributed by atoms with Gasteiger partial charge in [-0.15, -0.1) is 0 Å². The third-order valence-electron chi connectivity index (χ3n) is 4.96. The highest BCUT2D eigenvalue weighted by Gasteiger charge is 2.57. The summed E-state index contributed by atoms with van der Waals surface area (Å²) in [6.45, 7) is 4.99. The Morgan fingerprint density at radius 1 is 1.35 bits per heavy atom. The fourth-order valence-electron chi connectivity index (χ4n) is 3.71. The Kier molecular flexibility index (Phi) is 4.08. The van der Waals surface area contributed by atoms with Crippen molar-refractivity contribution in [2.24, 2.45) is 23.7 Å². The van der Waals surface area contributed by atoms with E-state index in [1.807, 2.05) is 13.8 Å². The zero-order valence-corrected chi connectivity index (χ0v) is 12.2. The molecule has 0 radical (unpaired) electrons. The molecule has 0 amide bonds. The molecule has 6 atom stereocenters. The zero-order chi connectivity index (χ0) is 15.2. The van der Waals surface area contributed by atoms with Crippen molar-refractivity contribution in [3.8, 4) is 0 Å². The molecule has 1 saturated carbocycles. The highest BCUT2D eigenvalue weighted by atomic mass is 16.3. The molecule has 5 nitrogen and oxygen atoms in total. The first kappa shape index (κ1) is 15.6. The van der Waals surface area contributed by atoms with Crippen molar-refractivity contribution in [3.05, 3.63) is 11.6 Å². The summed E-state index contributed by atoms with van der Waals surface area (Å²) in [6.07, 6.45) is -0.524. The van der Waals surface area contributed by atoms with Crippen molar-refractivity contribution < 1.29 is 25.2 Å². The number of hydrogen-bond donors (Lipinski definition) is 4. The maximum Gasteiger partial charge on any atom is 0.161 e. The van der Waals surface area contributed by atoms with E-state index in [4.69, 9.17) is 0 Å². The van der Waals surface area contributed by atoms with E-state index < -0.39 is 30.3 Å². The molecule has 0 aromatic heterocycles. The number of Topliss-reactive ketones (excluding diaryl/α,β-unsaturated/α-hetero) is 1. The van der Waals surface area contributed by atoms with Crippen molar-refractivity contribution in [1.29, 1.82) is 0 Å². The summed E-state index contributed by atoms with van der Waals surface area (Å²) in [5.41, 5.74) is -1.07. The molecule has 5 heteroatoms. The smallest absolute Gasteiger partial charge is 0.161 e. The lowest BCUT2D eigenvalue weighted by atomic mass is 9.77. The summed E-state index contributed by atoms with van der Waals surface area (Å²) < 4.78 is 0. The normalized spacial score (nSPS) is 45.3. The van der Waals surface area contributed by atoms with Gasteiger partial charge in [-0.3, -0.25) is 4.79 Å². The molecule has 4 N–H and O–H groups in total. The highest BCUT2D eigenvalue weighted by molar-refractivity contribution is 5.96. The van der Waals surface area contributed by atoms with E-state index in [0.29, 0.717) is 5.57 Å². The first-order valence-electron chi connectivity index (χ1n) is 7.17. The molecule has 0 spiro atoms. The van der Waals surface area contributed by atoms with E-state index in [1.54, 1.807) is 13.0 Å². The molecule has 6 unspecified atom stereocenters. The molecule has 20 heavy (non-hydrogen) atoms. The van der Waals surface area contributed by atoms with E-state index in [-0.39, 0.29) is 30.0 Å². The van der Waals surface area contributed by atoms with Gasteiger partial charge >= 0.3 is 0 Å². The van der Waals surface area contributed by atoms with Crippen molar-refractivity contribution in [2.75, 3.05) is 6.61 Å². The van der Waals surface area contributed by atoms with E-state index in [0.717, 1.165) is 0 Å². The Labute approximate surface area is 118 Å². The molecule has 0 saturated heterocycles. The van der Waals surface area contributed by atoms with Crippen LogP contribution in [-0.4, -0.2) is 50.6 Å². The second-order valence-electron chi connectivity index (χ2n) is 6.58. The third-order valence-corrected chi connectivity index (χ3v) is 4.96. The first-order valence-corrected chi connectivity index (χ1v) is 7.17. The maximum atomic E-state index is 12.3. The van der Waals surface area contributed by atoms with Crippen LogP contribution in [0.5, 0.6) is 0 Å². The quantitative estimate of drug-likeness (QED) is 0.566. The van der Waals surface area contributed by atoms with Crippen LogP contribution in [0.15, 0.2) is 11.6 Å². The van der Waals surface area contributed by atoms with Gasteiger partial charge in [0.2, 0.25) is 0 Å². The molecule has 0 heterocycles. The topological polar surface area (TPSA) is 98.0 Å². The Morgan fingerprint density at radius 3 is 2.45 bits per heavy atom. The molecule has 114 valence electrons. The lowest BCUT2D eigenvalue weighted by molar-refractivity contribution is -0.136. The lowest BCUT2D eigenvalue weighted by Crippen LogP contribution is -2.49. The molecule has 2 aliphatic carbocycles. The van der Waals surface area contributed by atoms with Crippen LogP contribution in [0.1, 0.15) is 27.2 Å². The fourth-order valence-corrected chi connectivity index (χ4v) is 3.71. The summed E-state index contributed by atoms with van der Waals surface area (Å²) in [5.74, 6) is -1.50. The van der Waals surface area contributed by atoms with E-state index in [1.165, 1.54) is 0 Å². The van der Waals surface area contributed by atoms with Gasteiger partial charge in [0.25, 0.3) is 0 Å². The molecular formula is C15H24O5. The van der Waals surface area contributed by atoms with E-state index in [2.05, 4.69) is 0 Å². The minimum Gasteiger partial charge on any atom is -0.393 e. The molecule has 0 bridgehead atoms. The summed E-state index contributed by atoms with van der Waals surface area (Å²) in [4.78, 5) is 12.3. The summed E-state index contributed by atoms with van der Waals surface area (Å²) in [6, 6.07) is 0. The minimum absolute atomic E-state index is 0.00581. The Bertz CT molecular complexity index is 430. The van der Waals surface area contributed by atoms with Crippen molar-refractivity contribution in [3.63, 3.8) is 0 Å². The molecule has 0 aliphatic heterocycles. The monoisotopic (exact) mass is 284 g/mol. The molecule has 0 aromatic carbocycles. The number of rotatable bonds is 2. The first-order chi connectivity index (χ1) is 9.23. The Balaban J connectivity index is 2.52. The lowest BCUT2D eigenvalue weighted by Gasteiger charge is -2.35. The summed E-state index contributed by atoms with van der Waals surface area (Å²) in [5, 5.41) is 40.4. The molecular weight excluding hydrogens is 260 g/mol. The van der Waals surface area contributed by atoms with Gasteiger partial charge in [-0.05, 0) is 23.3 Å². The molecule has 2 rings (SSSR count). The predicted octanol–water partition coefficient (Wildman–Crippen LogP) is -0.131. The second-order valence-corrected chi connectivity index (χ2v) is 6.58. The maximum absolute atomic E-state index is 12.3. The van der Waals surface area contributed by atoms with Gasteiger partial charge < -0.3 is 20.4 Å². The number of aliphatic hydroxyl groups is 4. The average Bonchev–Trinajstić information content (AvgIpc) is 2.53. The number of hydrogen-bond acceptors (Lipinski definition) is 5. The number of carbonyl (C=O) groups is 1. The number of allylic oxidation sites excluding steroid dienone is 2. The van der Waals surface area contributed by atoms with Crippen LogP contribution in [0, 0.1) is 23.7 Å². The summed E-state index contributed by atoms with van der Waals surface area (Å²) >= 11 is 0. The number of ketones is 1. The van der Waals surface area contributed by atoms with Gasteiger partial charge in [0, 0.05) is 12.3 Å². The zero-order valence-electron chi connectivity index (χ0n) is 12.2. The molecule has 1 fully saturated rings. The van der Waals surface area contributed by atoms with E-state index in [9.17, 15) is 25.2 Å². The van der Waals surface area contributed by atoms with Crippen LogP contribution in [0.3, 0.4) is 0 Å². The SMILES string of the molecule is CC(C)C1=CC2C(C)C(O)C(O)C2C(O)(CO)CC1=O. The van der Waals surface area contributed by atoms with Crippen molar-refractivity contribution >= 4 is 5.78 Å².